The number of benzene rings is 2. The zero-order valence-corrected chi connectivity index (χ0v) is 23.2. The number of aryl methyl sites for hydroxylation is 1. The average molecular weight is 545 g/mol. The van der Waals surface area contributed by atoms with Crippen molar-refractivity contribution >= 4 is 33.3 Å². The second kappa shape index (κ2) is 10.6. The third-order valence-corrected chi connectivity index (χ3v) is 7.99. The molecule has 0 bridgehead atoms. The van der Waals surface area contributed by atoms with Crippen LogP contribution in [0.2, 0.25) is 0 Å². The first kappa shape index (κ1) is 25.7. The topological polar surface area (TPSA) is 77.0 Å². The van der Waals surface area contributed by atoms with Crippen LogP contribution >= 0.6 is 11.3 Å². The molecule has 9 heteroatoms. The summed E-state index contributed by atoms with van der Waals surface area (Å²) in [4.78, 5) is 28.9. The van der Waals surface area contributed by atoms with E-state index >= 15 is 0 Å². The van der Waals surface area contributed by atoms with E-state index in [2.05, 4.69) is 35.0 Å². The molecule has 4 heterocycles. The summed E-state index contributed by atoms with van der Waals surface area (Å²) in [6.45, 7) is 9.26. The fourth-order valence-electron chi connectivity index (χ4n) is 5.07. The normalized spacial score (nSPS) is 19.0. The van der Waals surface area contributed by atoms with Crippen molar-refractivity contribution in [3.05, 3.63) is 71.1 Å². The van der Waals surface area contributed by atoms with E-state index in [1.807, 2.05) is 61.2 Å². The molecule has 6 rings (SSSR count). The molecule has 4 aromatic rings. The van der Waals surface area contributed by atoms with Crippen LogP contribution in [0.25, 0.3) is 21.3 Å². The van der Waals surface area contributed by atoms with Crippen LogP contribution < -0.4 is 9.64 Å². The molecule has 39 heavy (non-hydrogen) atoms. The number of hydrogen-bond donors (Lipinski definition) is 0. The molecule has 1 atom stereocenters. The summed E-state index contributed by atoms with van der Waals surface area (Å²) in [5.74, 6) is 0.303. The van der Waals surface area contributed by atoms with Gasteiger partial charge in [-0.3, -0.25) is 4.79 Å². The van der Waals surface area contributed by atoms with Crippen molar-refractivity contribution in [2.45, 2.75) is 32.7 Å². The van der Waals surface area contributed by atoms with Crippen LogP contribution in [-0.4, -0.2) is 72.1 Å². The highest BCUT2D eigenvalue weighted by Crippen LogP contribution is 2.33. The maximum Gasteiger partial charge on any atom is 0.319 e. The number of aromatic nitrogens is 2. The van der Waals surface area contributed by atoms with Crippen LogP contribution in [0.4, 0.5) is 5.82 Å². The molecule has 0 unspecified atom stereocenters. The van der Waals surface area contributed by atoms with Gasteiger partial charge in [-0.15, -0.1) is 11.3 Å². The van der Waals surface area contributed by atoms with Crippen LogP contribution in [-0.2, 0) is 9.47 Å². The molecule has 202 valence electrons. The van der Waals surface area contributed by atoms with Crippen LogP contribution in [0, 0.1) is 6.92 Å². The number of rotatable bonds is 6. The lowest BCUT2D eigenvalue weighted by Crippen LogP contribution is -2.49. The van der Waals surface area contributed by atoms with Crippen molar-refractivity contribution in [1.29, 1.82) is 0 Å². The smallest absolute Gasteiger partial charge is 0.319 e. The molecule has 1 amide bonds. The van der Waals surface area contributed by atoms with Gasteiger partial charge in [0.1, 0.15) is 23.4 Å². The fraction of sp³-hybridized carbons (Fsp3) is 0.367. The van der Waals surface area contributed by atoms with Gasteiger partial charge in [0, 0.05) is 36.6 Å². The van der Waals surface area contributed by atoms with Gasteiger partial charge in [-0.1, -0.05) is 42.5 Å². The zero-order valence-electron chi connectivity index (χ0n) is 22.4. The van der Waals surface area contributed by atoms with E-state index in [0.717, 1.165) is 27.2 Å². The maximum absolute atomic E-state index is 13.3. The van der Waals surface area contributed by atoms with Gasteiger partial charge in [0.15, 0.2) is 5.79 Å². The summed E-state index contributed by atoms with van der Waals surface area (Å²) in [6.07, 6.45) is -0.163. The van der Waals surface area contributed by atoms with Gasteiger partial charge in [0.2, 0.25) is 0 Å². The fourth-order valence-corrected chi connectivity index (χ4v) is 5.93. The predicted octanol–water partition coefficient (Wildman–Crippen LogP) is 5.16. The summed E-state index contributed by atoms with van der Waals surface area (Å²) in [6, 6.07) is 20.5. The van der Waals surface area contributed by atoms with Gasteiger partial charge in [-0.2, -0.15) is 9.97 Å². The van der Waals surface area contributed by atoms with E-state index in [4.69, 9.17) is 19.2 Å². The lowest BCUT2D eigenvalue weighted by atomic mass is 10.0. The Morgan fingerprint density at radius 2 is 1.74 bits per heavy atom. The Balaban J connectivity index is 1.13. The second-order valence-corrected chi connectivity index (χ2v) is 11.6. The van der Waals surface area contributed by atoms with Crippen LogP contribution in [0.15, 0.2) is 60.7 Å². The third kappa shape index (κ3) is 5.61. The van der Waals surface area contributed by atoms with Crippen LogP contribution in [0.1, 0.15) is 29.1 Å². The van der Waals surface area contributed by atoms with Crippen LogP contribution in [0.5, 0.6) is 6.01 Å². The first-order valence-electron chi connectivity index (χ1n) is 13.3. The van der Waals surface area contributed by atoms with Gasteiger partial charge in [-0.05, 0) is 50.1 Å². The minimum absolute atomic E-state index is 0.0548. The number of carbonyl (C=O) groups is 1. The molecule has 2 aliphatic rings. The highest BCUT2D eigenvalue weighted by atomic mass is 32.1. The SMILES string of the molecule is Cc1cc2c(N3CCN(C(=O)c4ccc(-c5ccccc5)cc4)CC3)nc(OC[C@@H]3COC(C)(C)O3)nc2s1. The van der Waals surface area contributed by atoms with Gasteiger partial charge >= 0.3 is 6.01 Å². The summed E-state index contributed by atoms with van der Waals surface area (Å²) in [5, 5.41) is 1.02. The van der Waals surface area contributed by atoms with Gasteiger partial charge in [0.25, 0.3) is 5.91 Å². The summed E-state index contributed by atoms with van der Waals surface area (Å²) < 4.78 is 17.5. The third-order valence-electron chi connectivity index (χ3n) is 7.05. The second-order valence-electron chi connectivity index (χ2n) is 10.4. The zero-order chi connectivity index (χ0) is 27.0. The number of anilines is 1. The van der Waals surface area contributed by atoms with Crippen molar-refractivity contribution in [1.82, 2.24) is 14.9 Å². The van der Waals surface area contributed by atoms with E-state index in [-0.39, 0.29) is 12.0 Å². The van der Waals surface area contributed by atoms with Crippen molar-refractivity contribution in [2.24, 2.45) is 0 Å². The number of fused-ring (bicyclic) bond motifs is 1. The number of thiophene rings is 1. The lowest BCUT2D eigenvalue weighted by molar-refractivity contribution is -0.141. The van der Waals surface area contributed by atoms with Crippen molar-refractivity contribution < 1.29 is 19.0 Å². The van der Waals surface area contributed by atoms with Gasteiger partial charge < -0.3 is 24.0 Å². The summed E-state index contributed by atoms with van der Waals surface area (Å²) in [5.41, 5.74) is 2.95. The van der Waals surface area contributed by atoms with Crippen LogP contribution in [0.3, 0.4) is 0 Å². The molecular formula is C30H32N4O4S. The molecule has 0 saturated carbocycles. The maximum atomic E-state index is 13.3. The number of ether oxygens (including phenoxy) is 3. The summed E-state index contributed by atoms with van der Waals surface area (Å²) >= 11 is 1.63. The molecule has 2 aromatic heterocycles. The van der Waals surface area contributed by atoms with E-state index < -0.39 is 5.79 Å². The van der Waals surface area contributed by atoms with Crippen molar-refractivity contribution in [2.75, 3.05) is 44.3 Å². The van der Waals surface area contributed by atoms with E-state index in [1.165, 1.54) is 4.88 Å². The highest BCUT2D eigenvalue weighted by molar-refractivity contribution is 7.18. The molecule has 2 fully saturated rings. The van der Waals surface area contributed by atoms with E-state index in [1.54, 1.807) is 11.3 Å². The summed E-state index contributed by atoms with van der Waals surface area (Å²) in [7, 11) is 0. The highest BCUT2D eigenvalue weighted by Gasteiger charge is 2.33. The Morgan fingerprint density at radius 3 is 2.44 bits per heavy atom. The molecular weight excluding hydrogens is 512 g/mol. The number of amides is 1. The Labute approximate surface area is 232 Å². The van der Waals surface area contributed by atoms with Gasteiger partial charge in [-0.25, -0.2) is 0 Å². The largest absolute Gasteiger partial charge is 0.461 e. The lowest BCUT2D eigenvalue weighted by Gasteiger charge is -2.35. The number of nitrogens with zero attached hydrogens (tertiary/aromatic N) is 4. The molecule has 0 aliphatic carbocycles. The molecule has 8 nitrogen and oxygen atoms in total. The molecule has 0 radical (unpaired) electrons. The van der Waals surface area contributed by atoms with Gasteiger partial charge in [0.05, 0.1) is 12.0 Å². The Bertz CT molecular complexity index is 1460. The van der Waals surface area contributed by atoms with Crippen molar-refractivity contribution in [3.8, 4) is 17.1 Å². The average Bonchev–Trinajstić information content (AvgIpc) is 3.51. The molecule has 0 N–H and O–H groups in total. The first-order chi connectivity index (χ1) is 18.8. The minimum Gasteiger partial charge on any atom is -0.461 e. The predicted molar refractivity (Wildman–Crippen MR) is 153 cm³/mol. The molecule has 2 saturated heterocycles. The van der Waals surface area contributed by atoms with E-state index in [9.17, 15) is 4.79 Å². The molecule has 2 aromatic carbocycles. The number of piperazine rings is 1. The van der Waals surface area contributed by atoms with Crippen molar-refractivity contribution in [3.63, 3.8) is 0 Å². The Morgan fingerprint density at radius 1 is 1.03 bits per heavy atom. The minimum atomic E-state index is -0.601. The molecule has 2 aliphatic heterocycles. The molecule has 0 spiro atoms. The first-order valence-corrected chi connectivity index (χ1v) is 14.1. The Kier molecular flexibility index (Phi) is 6.97. The van der Waals surface area contributed by atoms with E-state index in [0.29, 0.717) is 51.0 Å². The standard InChI is InChI=1S/C30H32N4O4S/c1-20-17-25-26(31-29(32-27(25)39-20)36-18-24-19-37-30(2,3)38-24)33-13-15-34(16-14-33)28(35)23-11-9-22(10-12-23)21-7-5-4-6-8-21/h4-12,17,24H,13-16,18-19H2,1-3H3/t24-/m1/s1. The monoisotopic (exact) mass is 544 g/mol. The quantitative estimate of drug-likeness (QED) is 0.332. The number of carbonyl (C=O) groups excluding carboxylic acids is 1. The number of hydrogen-bond acceptors (Lipinski definition) is 8. The Hall–Kier alpha value is -3.53.